The van der Waals surface area contributed by atoms with E-state index in [0.717, 1.165) is 12.8 Å². The van der Waals surface area contributed by atoms with Crippen LogP contribution in [0.3, 0.4) is 0 Å². The third-order valence-electron chi connectivity index (χ3n) is 2.73. The number of hydrogen-bond acceptors (Lipinski definition) is 2. The van der Waals surface area contributed by atoms with Crippen LogP contribution in [0, 0.1) is 0 Å². The Hall–Kier alpha value is -0.340. The summed E-state index contributed by atoms with van der Waals surface area (Å²) in [4.78, 5) is 0. The van der Waals surface area contributed by atoms with E-state index in [1.54, 1.807) is 0 Å². The first-order valence-corrected chi connectivity index (χ1v) is 5.92. The van der Waals surface area contributed by atoms with Crippen molar-refractivity contribution >= 4 is 0 Å². The molecule has 0 bridgehead atoms. The molecule has 0 radical (unpaired) electrons. The molecule has 1 aliphatic heterocycles. The van der Waals surface area contributed by atoms with E-state index in [1.807, 2.05) is 40.7 Å². The second-order valence-corrected chi connectivity index (χ2v) is 4.57. The van der Waals surface area contributed by atoms with Gasteiger partial charge in [-0.3, -0.25) is 0 Å². The molecule has 0 amide bonds. The van der Waals surface area contributed by atoms with Gasteiger partial charge in [0, 0.05) is 0 Å². The molecule has 1 heterocycles. The van der Waals surface area contributed by atoms with Crippen LogP contribution in [-0.4, -0.2) is 22.4 Å². The Morgan fingerprint density at radius 1 is 1.27 bits per heavy atom. The molecule has 15 heavy (non-hydrogen) atoms. The lowest BCUT2D eigenvalue weighted by atomic mass is 9.85. The number of aliphatic hydroxyl groups excluding tert-OH is 1. The zero-order chi connectivity index (χ0) is 12.1. The lowest BCUT2D eigenvalue weighted by Gasteiger charge is -2.45. The normalized spacial score (nSPS) is 34.7. The van der Waals surface area contributed by atoms with E-state index in [-0.39, 0.29) is 11.7 Å². The van der Waals surface area contributed by atoms with Crippen LogP contribution in [0.5, 0.6) is 0 Å². The van der Waals surface area contributed by atoms with E-state index in [1.165, 1.54) is 0 Å². The molecule has 90 valence electrons. The van der Waals surface area contributed by atoms with E-state index in [9.17, 15) is 5.11 Å². The van der Waals surface area contributed by atoms with Gasteiger partial charge in [-0.25, -0.2) is 0 Å². The molecule has 1 aliphatic rings. The fraction of sp³-hybridized carbons (Fsp3) is 0.846. The van der Waals surface area contributed by atoms with Gasteiger partial charge in [-0.05, 0) is 40.5 Å². The molecule has 1 fully saturated rings. The van der Waals surface area contributed by atoms with Crippen molar-refractivity contribution in [3.05, 3.63) is 12.2 Å². The minimum Gasteiger partial charge on any atom is -0.390 e. The van der Waals surface area contributed by atoms with Gasteiger partial charge in [0.15, 0.2) is 0 Å². The standard InChI is InChI=1S/C11H20O2.C2H6/c1-5-7-11(4)8-6-9(12)10(2,3)13-11;1-2/h5,7,9,12H,6,8H2,1-4H3;1-2H3/b7-5+;. The quantitative estimate of drug-likeness (QED) is 0.679. The van der Waals surface area contributed by atoms with Crippen LogP contribution in [0.15, 0.2) is 12.2 Å². The molecule has 1 rings (SSSR count). The van der Waals surface area contributed by atoms with Crippen LogP contribution in [0.25, 0.3) is 0 Å². The number of hydrogen-bond donors (Lipinski definition) is 1. The highest BCUT2D eigenvalue weighted by Crippen LogP contribution is 2.35. The van der Waals surface area contributed by atoms with Crippen molar-refractivity contribution in [1.29, 1.82) is 0 Å². The molecule has 2 heteroatoms. The fourth-order valence-electron chi connectivity index (χ4n) is 1.96. The zero-order valence-corrected chi connectivity index (χ0v) is 11.0. The van der Waals surface area contributed by atoms with Crippen molar-refractivity contribution in [1.82, 2.24) is 0 Å². The molecule has 0 aromatic carbocycles. The minimum atomic E-state index is -0.424. The number of rotatable bonds is 1. The molecule has 2 nitrogen and oxygen atoms in total. The van der Waals surface area contributed by atoms with Crippen molar-refractivity contribution in [2.75, 3.05) is 0 Å². The molecule has 0 aromatic heterocycles. The third kappa shape index (κ3) is 3.96. The van der Waals surface area contributed by atoms with Gasteiger partial charge in [-0.2, -0.15) is 0 Å². The maximum atomic E-state index is 9.69. The van der Waals surface area contributed by atoms with E-state index in [4.69, 9.17) is 4.74 Å². The average molecular weight is 214 g/mol. The van der Waals surface area contributed by atoms with Gasteiger partial charge in [-0.15, -0.1) is 0 Å². The molecule has 0 spiro atoms. The summed E-state index contributed by atoms with van der Waals surface area (Å²) in [6.45, 7) is 11.9. The Kier molecular flexibility index (Phi) is 5.54. The summed E-state index contributed by atoms with van der Waals surface area (Å²) < 4.78 is 5.88. The molecule has 0 aliphatic carbocycles. The van der Waals surface area contributed by atoms with Gasteiger partial charge in [0.05, 0.1) is 17.3 Å². The number of allylic oxidation sites excluding steroid dienone is 1. The highest BCUT2D eigenvalue weighted by Gasteiger charge is 2.41. The van der Waals surface area contributed by atoms with Crippen LogP contribution in [0.1, 0.15) is 54.4 Å². The van der Waals surface area contributed by atoms with E-state index < -0.39 is 5.60 Å². The topological polar surface area (TPSA) is 29.5 Å². The van der Waals surface area contributed by atoms with E-state index in [0.29, 0.717) is 0 Å². The second kappa shape index (κ2) is 5.66. The smallest absolute Gasteiger partial charge is 0.0895 e. The molecule has 0 aromatic rings. The van der Waals surface area contributed by atoms with E-state index >= 15 is 0 Å². The zero-order valence-electron chi connectivity index (χ0n) is 11.0. The second-order valence-electron chi connectivity index (χ2n) is 4.57. The van der Waals surface area contributed by atoms with Gasteiger partial charge in [0.2, 0.25) is 0 Å². The van der Waals surface area contributed by atoms with Crippen LogP contribution >= 0.6 is 0 Å². The maximum Gasteiger partial charge on any atom is 0.0895 e. The lowest BCUT2D eigenvalue weighted by Crippen LogP contribution is -2.51. The van der Waals surface area contributed by atoms with Crippen LogP contribution in [0.2, 0.25) is 0 Å². The highest BCUT2D eigenvalue weighted by atomic mass is 16.5. The summed E-state index contributed by atoms with van der Waals surface area (Å²) in [5, 5.41) is 9.69. The Labute approximate surface area is 94.3 Å². The van der Waals surface area contributed by atoms with Crippen molar-refractivity contribution in [3.63, 3.8) is 0 Å². The molecule has 2 unspecified atom stereocenters. The predicted molar refractivity (Wildman–Crippen MR) is 65.0 cm³/mol. The van der Waals surface area contributed by atoms with E-state index in [2.05, 4.69) is 13.0 Å². The summed E-state index contributed by atoms with van der Waals surface area (Å²) in [5.41, 5.74) is -0.621. The van der Waals surface area contributed by atoms with Crippen molar-refractivity contribution < 1.29 is 9.84 Å². The summed E-state index contributed by atoms with van der Waals surface area (Å²) in [7, 11) is 0. The lowest BCUT2D eigenvalue weighted by molar-refractivity contribution is -0.195. The first-order valence-electron chi connectivity index (χ1n) is 5.92. The maximum absolute atomic E-state index is 9.69. The summed E-state index contributed by atoms with van der Waals surface area (Å²) >= 11 is 0. The monoisotopic (exact) mass is 214 g/mol. The Morgan fingerprint density at radius 2 is 1.80 bits per heavy atom. The van der Waals surface area contributed by atoms with Crippen LogP contribution in [-0.2, 0) is 4.74 Å². The third-order valence-corrected chi connectivity index (χ3v) is 2.73. The molecular formula is C13H26O2. The number of aliphatic hydroxyl groups is 1. The first-order chi connectivity index (χ1) is 6.90. The van der Waals surface area contributed by atoms with Gasteiger partial charge >= 0.3 is 0 Å². The SMILES string of the molecule is C/C=C/C1(C)CCC(O)C(C)(C)O1.CC. The largest absolute Gasteiger partial charge is 0.390 e. The summed E-state index contributed by atoms with van der Waals surface area (Å²) in [5.74, 6) is 0. The Bertz CT molecular complexity index is 209. The van der Waals surface area contributed by atoms with Gasteiger partial charge < -0.3 is 9.84 Å². The average Bonchev–Trinajstić information content (AvgIpc) is 2.15. The Balaban J connectivity index is 0.000000921. The van der Waals surface area contributed by atoms with Crippen molar-refractivity contribution in [3.8, 4) is 0 Å². The Morgan fingerprint density at radius 3 is 2.20 bits per heavy atom. The highest BCUT2D eigenvalue weighted by molar-refractivity contribution is 5.04. The van der Waals surface area contributed by atoms with Crippen molar-refractivity contribution in [2.45, 2.75) is 71.7 Å². The van der Waals surface area contributed by atoms with Gasteiger partial charge in [0.25, 0.3) is 0 Å². The molecule has 1 N–H and O–H groups in total. The summed E-state index contributed by atoms with van der Waals surface area (Å²) in [6, 6.07) is 0. The predicted octanol–water partition coefficient (Wildman–Crippen LogP) is 3.30. The van der Waals surface area contributed by atoms with Gasteiger partial charge in [0.1, 0.15) is 0 Å². The summed E-state index contributed by atoms with van der Waals surface area (Å²) in [6.07, 6.45) is 5.44. The molecule has 2 atom stereocenters. The van der Waals surface area contributed by atoms with Gasteiger partial charge in [-0.1, -0.05) is 26.0 Å². The minimum absolute atomic E-state index is 0.197. The first kappa shape index (κ1) is 14.7. The number of ether oxygens (including phenoxy) is 1. The molecule has 0 saturated carbocycles. The molecular weight excluding hydrogens is 188 g/mol. The fourth-order valence-corrected chi connectivity index (χ4v) is 1.96. The van der Waals surface area contributed by atoms with Crippen LogP contribution < -0.4 is 0 Å². The van der Waals surface area contributed by atoms with Crippen molar-refractivity contribution in [2.24, 2.45) is 0 Å². The van der Waals surface area contributed by atoms with Crippen LogP contribution in [0.4, 0.5) is 0 Å². The molecule has 1 saturated heterocycles.